The van der Waals surface area contributed by atoms with Gasteiger partial charge in [-0.2, -0.15) is 0 Å². The van der Waals surface area contributed by atoms with E-state index in [0.717, 1.165) is 39.3 Å². The average molecular weight is 495 g/mol. The highest BCUT2D eigenvalue weighted by molar-refractivity contribution is 5.00. The third-order valence-corrected chi connectivity index (χ3v) is 5.51. The third kappa shape index (κ3) is 15.0. The summed E-state index contributed by atoms with van der Waals surface area (Å²) in [6, 6.07) is 0. The summed E-state index contributed by atoms with van der Waals surface area (Å²) in [5.41, 5.74) is 0.991. The van der Waals surface area contributed by atoms with Crippen molar-refractivity contribution < 1.29 is 0 Å². The summed E-state index contributed by atoms with van der Waals surface area (Å²) >= 11 is 0. The van der Waals surface area contributed by atoms with E-state index in [4.69, 9.17) is 6.92 Å². The maximum Gasteiger partial charge on any atom is 0.131 e. The first-order valence-corrected chi connectivity index (χ1v) is 14.0. The van der Waals surface area contributed by atoms with Crippen LogP contribution in [0.1, 0.15) is 125 Å². The largest absolute Gasteiger partial charge is 0.272 e. The molecule has 0 saturated carbocycles. The molecule has 1 radical (unpaired) electrons. The Hall–Kier alpha value is -0.120. The molecule has 0 rings (SSSR count). The minimum Gasteiger partial charge on any atom is -0.272 e. The van der Waals surface area contributed by atoms with Crippen molar-refractivity contribution >= 4 is 0 Å². The molecule has 0 aromatic carbocycles. The van der Waals surface area contributed by atoms with E-state index in [1.165, 1.54) is 0 Å². The van der Waals surface area contributed by atoms with Gasteiger partial charge < -0.3 is 0 Å². The molecular formula is C32H68N3. The van der Waals surface area contributed by atoms with E-state index in [2.05, 4.69) is 139 Å². The zero-order valence-corrected chi connectivity index (χ0v) is 27.8. The predicted octanol–water partition coefficient (Wildman–Crippen LogP) is 8.66. The summed E-state index contributed by atoms with van der Waals surface area (Å²) in [5, 5.41) is 0. The monoisotopic (exact) mass is 495 g/mol. The van der Waals surface area contributed by atoms with Crippen molar-refractivity contribution in [3.63, 3.8) is 0 Å². The first-order valence-electron chi connectivity index (χ1n) is 14.0. The molecular weight excluding hydrogens is 426 g/mol. The Kier molecular flexibility index (Phi) is 11.3. The van der Waals surface area contributed by atoms with Crippen LogP contribution in [0.2, 0.25) is 0 Å². The molecule has 0 amide bonds. The summed E-state index contributed by atoms with van der Waals surface area (Å²) in [7, 11) is 0. The van der Waals surface area contributed by atoms with Gasteiger partial charge in [0, 0.05) is 39.3 Å². The van der Waals surface area contributed by atoms with Gasteiger partial charge in [0.2, 0.25) is 0 Å². The van der Waals surface area contributed by atoms with Crippen molar-refractivity contribution in [2.75, 3.05) is 39.3 Å². The normalized spacial score (nSPS) is 15.6. The van der Waals surface area contributed by atoms with Gasteiger partial charge in [-0.05, 0) is 39.4 Å². The van der Waals surface area contributed by atoms with Gasteiger partial charge in [0.1, 0.15) is 5.79 Å². The molecule has 3 heteroatoms. The SMILES string of the molecule is [CH2]C(N(CC(C)(C)C)CC(C)(C)C)(N(CC(C)(C)C)CC(C)(C)C)N(CC(C)(C)C)CC(C)(C)C. The molecule has 0 atom stereocenters. The summed E-state index contributed by atoms with van der Waals surface area (Å²) in [6.45, 7) is 54.0. The molecule has 0 aromatic rings. The second-order valence-corrected chi connectivity index (χ2v) is 18.7. The molecule has 0 heterocycles. The summed E-state index contributed by atoms with van der Waals surface area (Å²) < 4.78 is 0. The van der Waals surface area contributed by atoms with Crippen LogP contribution in [0.15, 0.2) is 0 Å². The van der Waals surface area contributed by atoms with Crippen molar-refractivity contribution in [1.29, 1.82) is 0 Å². The number of nitrogens with zero attached hydrogens (tertiary/aromatic N) is 3. The van der Waals surface area contributed by atoms with Gasteiger partial charge in [-0.15, -0.1) is 0 Å². The van der Waals surface area contributed by atoms with Crippen LogP contribution in [0.3, 0.4) is 0 Å². The maximum absolute atomic E-state index is 5.25. The van der Waals surface area contributed by atoms with Crippen LogP contribution in [0, 0.1) is 39.4 Å². The summed E-state index contributed by atoms with van der Waals surface area (Å²) in [6.07, 6.45) is 0. The Balaban J connectivity index is 7.32. The lowest BCUT2D eigenvalue weighted by atomic mass is 9.86. The van der Waals surface area contributed by atoms with Gasteiger partial charge in [0.15, 0.2) is 0 Å². The average Bonchev–Trinajstić information content (AvgIpc) is 2.43. The highest BCUT2D eigenvalue weighted by Gasteiger charge is 2.48. The molecule has 0 bridgehead atoms. The van der Waals surface area contributed by atoms with Crippen LogP contribution < -0.4 is 0 Å². The van der Waals surface area contributed by atoms with Crippen LogP contribution in [0.4, 0.5) is 0 Å². The fraction of sp³-hybridized carbons (Fsp3) is 0.969. The van der Waals surface area contributed by atoms with Gasteiger partial charge in [-0.1, -0.05) is 125 Å². The van der Waals surface area contributed by atoms with Crippen molar-refractivity contribution in [3.8, 4) is 0 Å². The lowest BCUT2D eigenvalue weighted by molar-refractivity contribution is -0.183. The van der Waals surface area contributed by atoms with Crippen molar-refractivity contribution in [2.24, 2.45) is 32.5 Å². The molecule has 0 spiro atoms. The molecule has 0 aliphatic carbocycles. The molecule has 35 heavy (non-hydrogen) atoms. The van der Waals surface area contributed by atoms with Crippen LogP contribution >= 0.6 is 0 Å². The molecule has 0 aliphatic heterocycles. The van der Waals surface area contributed by atoms with E-state index in [1.54, 1.807) is 0 Å². The zero-order valence-electron chi connectivity index (χ0n) is 27.8. The van der Waals surface area contributed by atoms with E-state index in [1.807, 2.05) is 0 Å². The maximum atomic E-state index is 5.25. The summed E-state index contributed by atoms with van der Waals surface area (Å²) in [4.78, 5) is 8.21. The number of hydrogen-bond donors (Lipinski definition) is 0. The van der Waals surface area contributed by atoms with Crippen molar-refractivity contribution in [3.05, 3.63) is 6.92 Å². The molecule has 0 fully saturated rings. The van der Waals surface area contributed by atoms with E-state index in [9.17, 15) is 0 Å². The minimum atomic E-state index is -0.457. The van der Waals surface area contributed by atoms with E-state index in [-0.39, 0.29) is 32.5 Å². The zero-order chi connectivity index (χ0) is 28.5. The Morgan fingerprint density at radius 2 is 0.429 bits per heavy atom. The van der Waals surface area contributed by atoms with Crippen molar-refractivity contribution in [2.45, 2.75) is 130 Å². The smallest absolute Gasteiger partial charge is 0.131 e. The molecule has 211 valence electrons. The third-order valence-electron chi connectivity index (χ3n) is 5.51. The second-order valence-electron chi connectivity index (χ2n) is 18.7. The highest BCUT2D eigenvalue weighted by Crippen LogP contribution is 2.39. The highest BCUT2D eigenvalue weighted by atomic mass is 15.6. The van der Waals surface area contributed by atoms with E-state index >= 15 is 0 Å². The summed E-state index contributed by atoms with van der Waals surface area (Å²) in [5.74, 6) is -0.457. The Morgan fingerprint density at radius 1 is 0.314 bits per heavy atom. The van der Waals surface area contributed by atoms with Gasteiger partial charge in [-0.3, -0.25) is 14.7 Å². The predicted molar refractivity (Wildman–Crippen MR) is 160 cm³/mol. The first-order chi connectivity index (χ1) is 14.9. The van der Waals surface area contributed by atoms with Gasteiger partial charge in [0.05, 0.1) is 0 Å². The standard InChI is InChI=1S/C32H68N3/c1-26(2,3)20-33(21-27(4,5)6)32(19,34(22-28(7,8)9)23-29(10,11)12)35(24-30(13,14)15)25-31(16,17)18/h19-25H2,1-18H3. The Labute approximate surface area is 223 Å². The Morgan fingerprint density at radius 3 is 0.514 bits per heavy atom. The van der Waals surface area contributed by atoms with Crippen LogP contribution in [0.25, 0.3) is 0 Å². The first kappa shape index (κ1) is 34.9. The van der Waals surface area contributed by atoms with Gasteiger partial charge >= 0.3 is 0 Å². The van der Waals surface area contributed by atoms with E-state index in [0.29, 0.717) is 0 Å². The van der Waals surface area contributed by atoms with Crippen molar-refractivity contribution in [1.82, 2.24) is 14.7 Å². The lowest BCUT2D eigenvalue weighted by Gasteiger charge is -2.60. The molecule has 0 saturated heterocycles. The second kappa shape index (κ2) is 11.3. The molecule has 0 unspecified atom stereocenters. The minimum absolute atomic E-state index is 0.165. The molecule has 0 N–H and O–H groups in total. The molecule has 0 aromatic heterocycles. The van der Waals surface area contributed by atoms with Gasteiger partial charge in [-0.25, -0.2) is 0 Å². The van der Waals surface area contributed by atoms with Crippen LogP contribution in [0.5, 0.6) is 0 Å². The number of rotatable bonds is 9. The topological polar surface area (TPSA) is 9.72 Å². The molecule has 0 aliphatic rings. The fourth-order valence-electron chi connectivity index (χ4n) is 4.96. The van der Waals surface area contributed by atoms with Crippen LogP contribution in [-0.2, 0) is 0 Å². The molecule has 3 nitrogen and oxygen atoms in total. The quantitative estimate of drug-likeness (QED) is 0.297. The Bertz CT molecular complexity index is 484. The van der Waals surface area contributed by atoms with E-state index < -0.39 is 5.79 Å². The lowest BCUT2D eigenvalue weighted by Crippen LogP contribution is -2.73. The fourth-order valence-corrected chi connectivity index (χ4v) is 4.96. The van der Waals surface area contributed by atoms with Gasteiger partial charge in [0.25, 0.3) is 0 Å². The van der Waals surface area contributed by atoms with Crippen LogP contribution in [-0.4, -0.2) is 59.8 Å². The number of hydrogen-bond acceptors (Lipinski definition) is 3.